The molecule has 2 N–H and O–H groups in total. The van der Waals surface area contributed by atoms with Crippen molar-refractivity contribution in [1.82, 2.24) is 14.5 Å². The van der Waals surface area contributed by atoms with E-state index in [1.807, 2.05) is 0 Å². The largest absolute Gasteiger partial charge is 0.463 e. The average Bonchev–Trinajstić information content (AvgIpc) is 3.21. The molecule has 10 heteroatoms. The van der Waals surface area contributed by atoms with Gasteiger partial charge in [0.1, 0.15) is 17.3 Å². The van der Waals surface area contributed by atoms with E-state index < -0.39 is 29.2 Å². The molecule has 1 atom stereocenters. The molecule has 2 aromatic carbocycles. The number of hydrogen-bond donors (Lipinski definition) is 2. The Hall–Kier alpha value is -3.82. The van der Waals surface area contributed by atoms with Crippen molar-refractivity contribution in [1.29, 1.82) is 0 Å². The molecule has 0 amide bonds. The number of esters is 1. The van der Waals surface area contributed by atoms with Gasteiger partial charge in [0.15, 0.2) is 5.65 Å². The third-order valence-corrected chi connectivity index (χ3v) is 6.43. The van der Waals surface area contributed by atoms with Gasteiger partial charge in [-0.25, -0.2) is 18.6 Å². The minimum Gasteiger partial charge on any atom is -0.463 e. The maximum Gasteiger partial charge on any atom is 0.331 e. The summed E-state index contributed by atoms with van der Waals surface area (Å²) in [4.78, 5) is 21.5. The van der Waals surface area contributed by atoms with E-state index in [0.717, 1.165) is 12.1 Å². The molecule has 0 saturated heterocycles. The summed E-state index contributed by atoms with van der Waals surface area (Å²) in [6.45, 7) is 6.83. The first-order chi connectivity index (χ1) is 18.0. The molecule has 1 unspecified atom stereocenters. The zero-order valence-electron chi connectivity index (χ0n) is 21.3. The fourth-order valence-corrected chi connectivity index (χ4v) is 4.06. The predicted octanol–water partition coefficient (Wildman–Crippen LogP) is 5.92. The second kappa shape index (κ2) is 10.9. The van der Waals surface area contributed by atoms with Gasteiger partial charge in [-0.15, -0.1) is 0 Å². The number of carbonyl (C=O) groups is 1. The van der Waals surface area contributed by atoms with E-state index in [0.29, 0.717) is 16.0 Å². The molecule has 4 rings (SSSR count). The van der Waals surface area contributed by atoms with E-state index in [4.69, 9.17) is 16.3 Å². The Balaban J connectivity index is 2.05. The van der Waals surface area contributed by atoms with E-state index in [2.05, 4.69) is 15.3 Å². The third-order valence-electron chi connectivity index (χ3n) is 6.10. The van der Waals surface area contributed by atoms with Gasteiger partial charge < -0.3 is 15.2 Å². The monoisotopic (exact) mass is 540 g/mol. The van der Waals surface area contributed by atoms with Crippen LogP contribution >= 0.6 is 11.6 Å². The maximum atomic E-state index is 15.2. The van der Waals surface area contributed by atoms with Gasteiger partial charge >= 0.3 is 5.97 Å². The van der Waals surface area contributed by atoms with Crippen LogP contribution in [0.3, 0.4) is 0 Å². The molecule has 0 bridgehead atoms. The van der Waals surface area contributed by atoms with Crippen molar-refractivity contribution in [2.24, 2.45) is 0 Å². The summed E-state index contributed by atoms with van der Waals surface area (Å²) < 4.78 is 36.9. The van der Waals surface area contributed by atoms with Crippen molar-refractivity contribution in [2.75, 3.05) is 11.9 Å². The molecule has 0 fully saturated rings. The Morgan fingerprint density at radius 3 is 2.53 bits per heavy atom. The van der Waals surface area contributed by atoms with E-state index in [1.54, 1.807) is 58.0 Å². The summed E-state index contributed by atoms with van der Waals surface area (Å²) in [6, 6.07) is 11.5. The van der Waals surface area contributed by atoms with Gasteiger partial charge in [-0.3, -0.25) is 4.57 Å². The van der Waals surface area contributed by atoms with E-state index in [9.17, 15) is 9.90 Å². The van der Waals surface area contributed by atoms with Gasteiger partial charge in [0.2, 0.25) is 5.95 Å². The maximum absolute atomic E-state index is 15.2. The van der Waals surface area contributed by atoms with Gasteiger partial charge in [0.25, 0.3) is 0 Å². The van der Waals surface area contributed by atoms with E-state index >= 15 is 8.78 Å². The number of ether oxygens (including phenoxy) is 1. The van der Waals surface area contributed by atoms with Crippen LogP contribution < -0.4 is 5.32 Å². The Bertz CT molecular complexity index is 1510. The third kappa shape index (κ3) is 5.54. The molecular formula is C28H27ClF2N4O3. The second-order valence-electron chi connectivity index (χ2n) is 9.22. The quantitative estimate of drug-likeness (QED) is 0.213. The van der Waals surface area contributed by atoms with Gasteiger partial charge in [-0.05, 0) is 52.0 Å². The Morgan fingerprint density at radius 1 is 1.21 bits per heavy atom. The number of aromatic nitrogens is 3. The van der Waals surface area contributed by atoms with Crippen molar-refractivity contribution in [3.63, 3.8) is 0 Å². The summed E-state index contributed by atoms with van der Waals surface area (Å²) in [5.74, 6) is -2.18. The predicted molar refractivity (Wildman–Crippen MR) is 143 cm³/mol. The number of benzene rings is 2. The average molecular weight is 541 g/mol. The standard InChI is InChI=1S/C28H27ClF2N4O3/c1-5-38-24(36)14-19(18-9-6-7-10-20(18)29)23-13-17-15-32-27(33-16(2)28(3,4)37)34-26(17)35(23)25-21(30)11-8-12-22(25)31/h6-16,37H,5H2,1-4H3,(H,32,33,34)/b19-14-. The Morgan fingerprint density at radius 2 is 1.89 bits per heavy atom. The Kier molecular flexibility index (Phi) is 7.80. The van der Waals surface area contributed by atoms with Crippen LogP contribution in [0.25, 0.3) is 22.3 Å². The normalized spacial score (nSPS) is 13.0. The molecule has 0 radical (unpaired) electrons. The summed E-state index contributed by atoms with van der Waals surface area (Å²) in [6.07, 6.45) is 2.73. The smallest absolute Gasteiger partial charge is 0.331 e. The highest BCUT2D eigenvalue weighted by molar-refractivity contribution is 6.32. The van der Waals surface area contributed by atoms with E-state index in [1.165, 1.54) is 22.9 Å². The molecule has 4 aromatic rings. The van der Waals surface area contributed by atoms with Crippen LogP contribution in [0.5, 0.6) is 0 Å². The van der Waals surface area contributed by atoms with Crippen molar-refractivity contribution >= 4 is 40.1 Å². The molecule has 2 heterocycles. The van der Waals surface area contributed by atoms with Gasteiger partial charge in [0, 0.05) is 33.8 Å². The number of halogens is 3. The fraction of sp³-hybridized carbons (Fsp3) is 0.250. The molecule has 38 heavy (non-hydrogen) atoms. The molecular weight excluding hydrogens is 514 g/mol. The van der Waals surface area contributed by atoms with Crippen LogP contribution in [0.2, 0.25) is 5.02 Å². The summed E-state index contributed by atoms with van der Waals surface area (Å²) in [7, 11) is 0. The second-order valence-corrected chi connectivity index (χ2v) is 9.62. The van der Waals surface area contributed by atoms with Crippen LogP contribution in [0.15, 0.2) is 60.8 Å². The summed E-state index contributed by atoms with van der Waals surface area (Å²) in [5.41, 5.74) is -0.347. The van der Waals surface area contributed by atoms with Crippen LogP contribution in [-0.4, -0.2) is 43.9 Å². The lowest BCUT2D eigenvalue weighted by molar-refractivity contribution is -0.137. The number of nitrogens with one attached hydrogen (secondary N) is 1. The first kappa shape index (κ1) is 27.2. The summed E-state index contributed by atoms with van der Waals surface area (Å²) in [5, 5.41) is 14.1. The molecule has 7 nitrogen and oxygen atoms in total. The van der Waals surface area contributed by atoms with Crippen molar-refractivity contribution in [2.45, 2.75) is 39.3 Å². The minimum atomic E-state index is -1.09. The topological polar surface area (TPSA) is 89.3 Å². The first-order valence-corrected chi connectivity index (χ1v) is 12.3. The molecule has 0 saturated carbocycles. The number of rotatable bonds is 8. The number of carbonyl (C=O) groups excluding carboxylic acids is 1. The van der Waals surface area contributed by atoms with Crippen LogP contribution in [0, 0.1) is 11.6 Å². The van der Waals surface area contributed by atoms with Crippen molar-refractivity contribution < 1.29 is 23.4 Å². The zero-order chi connectivity index (χ0) is 27.6. The van der Waals surface area contributed by atoms with Gasteiger partial charge in [-0.1, -0.05) is 35.9 Å². The molecule has 0 aliphatic rings. The number of anilines is 1. The highest BCUT2D eigenvalue weighted by Gasteiger charge is 2.26. The lowest BCUT2D eigenvalue weighted by atomic mass is 10.0. The highest BCUT2D eigenvalue weighted by Crippen LogP contribution is 2.36. The van der Waals surface area contributed by atoms with Gasteiger partial charge in [-0.2, -0.15) is 4.98 Å². The van der Waals surface area contributed by atoms with Crippen molar-refractivity contribution in [3.05, 3.63) is 88.7 Å². The van der Waals surface area contributed by atoms with Crippen molar-refractivity contribution in [3.8, 4) is 5.69 Å². The number of para-hydroxylation sites is 1. The first-order valence-electron chi connectivity index (χ1n) is 12.0. The fourth-order valence-electron chi connectivity index (χ4n) is 3.83. The Labute approximate surface area is 223 Å². The number of nitrogens with zero attached hydrogens (tertiary/aromatic N) is 3. The van der Waals surface area contributed by atoms with E-state index in [-0.39, 0.29) is 35.2 Å². The zero-order valence-corrected chi connectivity index (χ0v) is 22.1. The molecule has 2 aromatic heterocycles. The van der Waals surface area contributed by atoms with Crippen LogP contribution in [0.1, 0.15) is 39.0 Å². The number of fused-ring (bicyclic) bond motifs is 1. The van der Waals surface area contributed by atoms with Gasteiger partial charge in [0.05, 0.1) is 23.9 Å². The number of aliphatic hydroxyl groups is 1. The van der Waals surface area contributed by atoms with Crippen LogP contribution in [0.4, 0.5) is 14.7 Å². The SMILES string of the molecule is CCOC(=O)/C=C(/c1ccccc1Cl)c1cc2cnc(NC(C)C(C)(C)O)nc2n1-c1c(F)cccc1F. The molecule has 198 valence electrons. The molecule has 0 spiro atoms. The lowest BCUT2D eigenvalue weighted by Crippen LogP contribution is -2.39. The number of hydrogen-bond acceptors (Lipinski definition) is 6. The molecule has 0 aliphatic heterocycles. The lowest BCUT2D eigenvalue weighted by Gasteiger charge is -2.26. The molecule has 0 aliphatic carbocycles. The minimum absolute atomic E-state index is 0.135. The summed E-state index contributed by atoms with van der Waals surface area (Å²) >= 11 is 6.50. The van der Waals surface area contributed by atoms with Crippen LogP contribution in [-0.2, 0) is 9.53 Å². The highest BCUT2D eigenvalue weighted by atomic mass is 35.5.